The van der Waals surface area contributed by atoms with Gasteiger partial charge in [0.15, 0.2) is 0 Å². The van der Waals surface area contributed by atoms with Crippen LogP contribution in [0.15, 0.2) is 60.9 Å². The Morgan fingerprint density at radius 2 is 1.86 bits per heavy atom. The summed E-state index contributed by atoms with van der Waals surface area (Å²) < 4.78 is 8.01. The van der Waals surface area contributed by atoms with Crippen LogP contribution in [0.5, 0.6) is 5.75 Å². The number of hydrogen-bond acceptors (Lipinski definition) is 3. The molecule has 3 aromatic rings. The number of carbonyl (C=O) groups excluding carboxylic acids is 1. The maximum atomic E-state index is 13.1. The minimum atomic E-state index is 0.0692. The molecule has 1 aliphatic heterocycles. The molecule has 5 nitrogen and oxygen atoms in total. The van der Waals surface area contributed by atoms with E-state index in [0.717, 1.165) is 41.0 Å². The van der Waals surface area contributed by atoms with Crippen molar-refractivity contribution in [3.05, 3.63) is 77.6 Å². The van der Waals surface area contributed by atoms with E-state index in [9.17, 15) is 4.79 Å². The van der Waals surface area contributed by atoms with Gasteiger partial charge in [-0.15, -0.1) is 0 Å². The summed E-state index contributed by atoms with van der Waals surface area (Å²) in [6.07, 6.45) is 8.54. The summed E-state index contributed by atoms with van der Waals surface area (Å²) in [5, 5.41) is 4.25. The van der Waals surface area contributed by atoms with Gasteiger partial charge in [-0.25, -0.2) is 4.68 Å². The third-order valence-corrected chi connectivity index (χ3v) is 5.65. The predicted molar refractivity (Wildman–Crippen MR) is 106 cm³/mol. The minimum Gasteiger partial charge on any atom is -0.490 e. The van der Waals surface area contributed by atoms with Crippen molar-refractivity contribution >= 4 is 5.91 Å². The van der Waals surface area contributed by atoms with Crippen LogP contribution in [0.3, 0.4) is 0 Å². The van der Waals surface area contributed by atoms with Gasteiger partial charge in [0, 0.05) is 25.5 Å². The Morgan fingerprint density at radius 1 is 1.04 bits per heavy atom. The highest BCUT2D eigenvalue weighted by Crippen LogP contribution is 2.34. The van der Waals surface area contributed by atoms with Gasteiger partial charge in [-0.05, 0) is 61.1 Å². The first kappa shape index (κ1) is 17.0. The van der Waals surface area contributed by atoms with Crippen molar-refractivity contribution in [3.63, 3.8) is 0 Å². The van der Waals surface area contributed by atoms with Gasteiger partial charge in [0.2, 0.25) is 0 Å². The van der Waals surface area contributed by atoms with Crippen LogP contribution in [0.4, 0.5) is 0 Å². The summed E-state index contributed by atoms with van der Waals surface area (Å²) in [4.78, 5) is 15.0. The van der Waals surface area contributed by atoms with E-state index in [1.54, 1.807) is 6.20 Å². The minimum absolute atomic E-state index is 0.0692. The standard InChI is InChI=1S/C23H23N3O2/c27-23-22-18(5-3-8-21(22)28-20-6-1-2-7-20)16-25(23)15-17-9-11-19(12-10-17)26-14-4-13-24-26/h3-5,8-14,20H,1-2,6-7,15-16H2. The molecule has 0 unspecified atom stereocenters. The third kappa shape index (κ3) is 3.17. The van der Waals surface area contributed by atoms with Gasteiger partial charge in [-0.2, -0.15) is 5.10 Å². The maximum Gasteiger partial charge on any atom is 0.258 e. The summed E-state index contributed by atoms with van der Waals surface area (Å²) >= 11 is 0. The number of ether oxygens (including phenoxy) is 1. The topological polar surface area (TPSA) is 47.4 Å². The summed E-state index contributed by atoms with van der Waals surface area (Å²) in [7, 11) is 0. The van der Waals surface area contributed by atoms with Crippen molar-refractivity contribution in [3.8, 4) is 11.4 Å². The normalized spacial score (nSPS) is 16.6. The molecule has 2 heterocycles. The van der Waals surface area contributed by atoms with E-state index in [2.05, 4.69) is 17.2 Å². The quantitative estimate of drug-likeness (QED) is 0.668. The molecule has 0 saturated heterocycles. The molecule has 1 aromatic heterocycles. The van der Waals surface area contributed by atoms with Crippen molar-refractivity contribution in [1.82, 2.24) is 14.7 Å². The fraction of sp³-hybridized carbons (Fsp3) is 0.304. The lowest BCUT2D eigenvalue weighted by Crippen LogP contribution is -2.24. The number of amides is 1. The molecule has 5 heteroatoms. The predicted octanol–water partition coefficient (Wildman–Crippen LogP) is 4.35. The number of rotatable bonds is 5. The van der Waals surface area contributed by atoms with Crippen LogP contribution in [0, 0.1) is 0 Å². The van der Waals surface area contributed by atoms with Crippen LogP contribution in [-0.4, -0.2) is 26.7 Å². The molecule has 0 radical (unpaired) electrons. The van der Waals surface area contributed by atoms with Gasteiger partial charge in [0.05, 0.1) is 17.4 Å². The van der Waals surface area contributed by atoms with Gasteiger partial charge in [0.25, 0.3) is 5.91 Å². The fourth-order valence-electron chi connectivity index (χ4n) is 4.19. The van der Waals surface area contributed by atoms with Crippen molar-refractivity contribution in [2.75, 3.05) is 0 Å². The molecule has 1 aliphatic carbocycles. The Kier molecular flexibility index (Phi) is 4.35. The molecule has 0 bridgehead atoms. The Hall–Kier alpha value is -3.08. The number of carbonyl (C=O) groups is 1. The van der Waals surface area contributed by atoms with Crippen LogP contribution >= 0.6 is 0 Å². The number of hydrogen-bond donors (Lipinski definition) is 0. The van der Waals surface area contributed by atoms with Gasteiger partial charge >= 0.3 is 0 Å². The van der Waals surface area contributed by atoms with Crippen LogP contribution in [-0.2, 0) is 13.1 Å². The first-order valence-corrected chi connectivity index (χ1v) is 9.95. The molecule has 1 fully saturated rings. The molecule has 0 atom stereocenters. The smallest absolute Gasteiger partial charge is 0.258 e. The Labute approximate surface area is 164 Å². The SMILES string of the molecule is O=C1c2c(cccc2OC2CCCC2)CN1Cc1ccc(-n2cccn2)cc1. The molecule has 28 heavy (non-hydrogen) atoms. The molecule has 142 valence electrons. The highest BCUT2D eigenvalue weighted by molar-refractivity contribution is 6.01. The van der Waals surface area contributed by atoms with E-state index >= 15 is 0 Å². The van der Waals surface area contributed by atoms with E-state index in [-0.39, 0.29) is 12.0 Å². The van der Waals surface area contributed by atoms with E-state index < -0.39 is 0 Å². The third-order valence-electron chi connectivity index (χ3n) is 5.65. The van der Waals surface area contributed by atoms with Crippen molar-refractivity contribution in [1.29, 1.82) is 0 Å². The lowest BCUT2D eigenvalue weighted by molar-refractivity contribution is 0.0761. The average molecular weight is 373 g/mol. The largest absolute Gasteiger partial charge is 0.490 e. The van der Waals surface area contributed by atoms with Crippen molar-refractivity contribution < 1.29 is 9.53 Å². The van der Waals surface area contributed by atoms with Crippen molar-refractivity contribution in [2.45, 2.75) is 44.9 Å². The number of nitrogens with zero attached hydrogens (tertiary/aromatic N) is 3. The molecular weight excluding hydrogens is 350 g/mol. The van der Waals surface area contributed by atoms with E-state index in [4.69, 9.17) is 4.74 Å². The second kappa shape index (κ2) is 7.15. The molecule has 1 amide bonds. The van der Waals surface area contributed by atoms with Gasteiger partial charge < -0.3 is 9.64 Å². The number of aromatic nitrogens is 2. The van der Waals surface area contributed by atoms with Gasteiger partial charge in [0.1, 0.15) is 5.75 Å². The van der Waals surface area contributed by atoms with Crippen molar-refractivity contribution in [2.24, 2.45) is 0 Å². The van der Waals surface area contributed by atoms with E-state index in [1.165, 1.54) is 12.8 Å². The second-order valence-corrected chi connectivity index (χ2v) is 7.59. The Morgan fingerprint density at radius 3 is 2.61 bits per heavy atom. The van der Waals surface area contributed by atoms with E-state index in [1.807, 2.05) is 52.2 Å². The van der Waals surface area contributed by atoms with Crippen LogP contribution < -0.4 is 4.74 Å². The van der Waals surface area contributed by atoms with Crippen LogP contribution in [0.1, 0.15) is 47.2 Å². The maximum absolute atomic E-state index is 13.1. The first-order chi connectivity index (χ1) is 13.8. The molecule has 0 spiro atoms. The molecule has 1 saturated carbocycles. The highest BCUT2D eigenvalue weighted by atomic mass is 16.5. The monoisotopic (exact) mass is 373 g/mol. The first-order valence-electron chi connectivity index (χ1n) is 9.95. The fourth-order valence-corrected chi connectivity index (χ4v) is 4.19. The summed E-state index contributed by atoms with van der Waals surface area (Å²) in [5.74, 6) is 0.825. The van der Waals surface area contributed by atoms with Gasteiger partial charge in [-0.1, -0.05) is 24.3 Å². The summed E-state index contributed by atoms with van der Waals surface area (Å²) in [6, 6.07) is 16.1. The zero-order valence-corrected chi connectivity index (χ0v) is 15.8. The van der Waals surface area contributed by atoms with Gasteiger partial charge in [-0.3, -0.25) is 4.79 Å². The molecule has 5 rings (SSSR count). The summed E-state index contributed by atoms with van der Waals surface area (Å²) in [6.45, 7) is 1.23. The molecule has 2 aromatic carbocycles. The number of fused-ring (bicyclic) bond motifs is 1. The zero-order chi connectivity index (χ0) is 18.9. The molecule has 2 aliphatic rings. The molecule has 0 N–H and O–H groups in total. The average Bonchev–Trinajstić information content (AvgIpc) is 3.46. The molecular formula is C23H23N3O2. The summed E-state index contributed by atoms with van der Waals surface area (Å²) in [5.41, 5.74) is 3.93. The van der Waals surface area contributed by atoms with Crippen LogP contribution in [0.2, 0.25) is 0 Å². The number of benzene rings is 2. The second-order valence-electron chi connectivity index (χ2n) is 7.59. The van der Waals surface area contributed by atoms with E-state index in [0.29, 0.717) is 13.1 Å². The van der Waals surface area contributed by atoms with Crippen LogP contribution in [0.25, 0.3) is 5.69 Å². The highest BCUT2D eigenvalue weighted by Gasteiger charge is 2.31. The Balaban J connectivity index is 1.32. The Bertz CT molecular complexity index is 974. The lowest BCUT2D eigenvalue weighted by Gasteiger charge is -2.17. The zero-order valence-electron chi connectivity index (χ0n) is 15.8. The lowest BCUT2D eigenvalue weighted by atomic mass is 10.1.